The van der Waals surface area contributed by atoms with E-state index in [0.29, 0.717) is 17.6 Å². The third kappa shape index (κ3) is 7.16. The van der Waals surface area contributed by atoms with Gasteiger partial charge in [0.2, 0.25) is 0 Å². The fourth-order valence-electron chi connectivity index (χ4n) is 2.69. The molecule has 3 aromatic rings. The van der Waals surface area contributed by atoms with Crippen molar-refractivity contribution in [3.05, 3.63) is 96.0 Å². The predicted octanol–water partition coefficient (Wildman–Crippen LogP) is 7.64. The summed E-state index contributed by atoms with van der Waals surface area (Å²) in [7, 11) is 0. The van der Waals surface area contributed by atoms with Gasteiger partial charge in [-0.2, -0.15) is 13.2 Å². The Kier molecular flexibility index (Phi) is 7.15. The van der Waals surface area contributed by atoms with Crippen LogP contribution in [0, 0.1) is 5.82 Å². The Bertz CT molecular complexity index is 1090. The van der Waals surface area contributed by atoms with Crippen LogP contribution in [0.5, 0.6) is 17.2 Å². The Labute approximate surface area is 183 Å². The summed E-state index contributed by atoms with van der Waals surface area (Å²) in [5, 5.41) is 0. The van der Waals surface area contributed by atoms with Crippen LogP contribution in [0.4, 0.5) is 30.7 Å². The quantitative estimate of drug-likeness (QED) is 0.261. The van der Waals surface area contributed by atoms with Crippen molar-refractivity contribution in [2.24, 2.45) is 0 Å². The van der Waals surface area contributed by atoms with Crippen molar-refractivity contribution in [2.45, 2.75) is 19.1 Å². The predicted molar refractivity (Wildman–Crippen MR) is 105 cm³/mol. The lowest BCUT2D eigenvalue weighted by Crippen LogP contribution is -2.17. The van der Waals surface area contributed by atoms with E-state index in [1.54, 1.807) is 30.3 Å². The van der Waals surface area contributed by atoms with E-state index in [0.717, 1.165) is 30.3 Å². The molecule has 0 aliphatic heterocycles. The van der Waals surface area contributed by atoms with Crippen molar-refractivity contribution in [1.82, 2.24) is 0 Å². The molecule has 0 unspecified atom stereocenters. The molecule has 174 valence electrons. The van der Waals surface area contributed by atoms with Gasteiger partial charge in [0, 0.05) is 0 Å². The lowest BCUT2D eigenvalue weighted by atomic mass is 10.1. The molecular weight excluding hydrogens is 457 g/mol. The molecule has 3 nitrogen and oxygen atoms in total. The lowest BCUT2D eigenvalue weighted by Gasteiger charge is -2.14. The molecule has 3 rings (SSSR count). The highest BCUT2D eigenvalue weighted by Gasteiger charge is 2.36. The zero-order chi connectivity index (χ0) is 24.1. The fraction of sp³-hybridized carbons (Fsp3) is 0.130. The molecule has 0 bridgehead atoms. The highest BCUT2D eigenvalue weighted by atomic mass is 19.4. The van der Waals surface area contributed by atoms with Crippen molar-refractivity contribution < 1.29 is 44.9 Å². The van der Waals surface area contributed by atoms with Crippen molar-refractivity contribution in [2.75, 3.05) is 0 Å². The average Bonchev–Trinajstić information content (AvgIpc) is 2.73. The first-order chi connectivity index (χ1) is 15.5. The molecule has 0 fully saturated rings. The van der Waals surface area contributed by atoms with Crippen LogP contribution in [0.3, 0.4) is 0 Å². The van der Waals surface area contributed by atoms with Crippen molar-refractivity contribution in [1.29, 1.82) is 0 Å². The molecule has 0 spiro atoms. The number of rotatable bonds is 7. The topological polar surface area (TPSA) is 27.7 Å². The van der Waals surface area contributed by atoms with Crippen LogP contribution in [0.25, 0.3) is 5.57 Å². The van der Waals surface area contributed by atoms with E-state index < -0.39 is 35.2 Å². The van der Waals surface area contributed by atoms with Crippen molar-refractivity contribution >= 4 is 5.57 Å². The van der Waals surface area contributed by atoms with Gasteiger partial charge in [-0.25, -0.2) is 4.39 Å². The molecular formula is C23H15F7O3. The molecule has 0 heterocycles. The van der Waals surface area contributed by atoms with E-state index in [-0.39, 0.29) is 12.4 Å². The minimum atomic E-state index is -4.97. The molecule has 0 amide bonds. The van der Waals surface area contributed by atoms with Crippen LogP contribution in [0.1, 0.15) is 11.1 Å². The summed E-state index contributed by atoms with van der Waals surface area (Å²) in [5.74, 6) is -1.10. The maximum atomic E-state index is 14.0. The number of alkyl halides is 6. The van der Waals surface area contributed by atoms with Gasteiger partial charge in [-0.15, -0.1) is 13.2 Å². The molecule has 0 aliphatic carbocycles. The van der Waals surface area contributed by atoms with Crippen molar-refractivity contribution in [3.63, 3.8) is 0 Å². The lowest BCUT2D eigenvalue weighted by molar-refractivity contribution is -0.274. The van der Waals surface area contributed by atoms with Crippen LogP contribution >= 0.6 is 0 Å². The molecule has 33 heavy (non-hydrogen) atoms. The second-order valence-electron chi connectivity index (χ2n) is 6.59. The highest BCUT2D eigenvalue weighted by molar-refractivity contribution is 5.69. The molecule has 0 aliphatic rings. The monoisotopic (exact) mass is 472 g/mol. The highest BCUT2D eigenvalue weighted by Crippen LogP contribution is 2.35. The molecule has 10 heteroatoms. The number of hydrogen-bond acceptors (Lipinski definition) is 3. The number of allylic oxidation sites excluding steroid dienone is 1. The molecule has 3 aromatic carbocycles. The van der Waals surface area contributed by atoms with Gasteiger partial charge in [0.1, 0.15) is 18.1 Å². The normalized spacial score (nSPS) is 12.4. The van der Waals surface area contributed by atoms with Gasteiger partial charge in [-0.3, -0.25) is 0 Å². The Morgan fingerprint density at radius 2 is 1.45 bits per heavy atom. The smallest absolute Gasteiger partial charge is 0.496 e. The first-order valence-corrected chi connectivity index (χ1v) is 9.28. The van der Waals surface area contributed by atoms with Gasteiger partial charge in [-0.1, -0.05) is 36.4 Å². The number of hydrogen-bond donors (Lipinski definition) is 0. The summed E-state index contributed by atoms with van der Waals surface area (Å²) in [6, 6.07) is 15.2. The first-order valence-electron chi connectivity index (χ1n) is 9.28. The van der Waals surface area contributed by atoms with Crippen LogP contribution in [-0.2, 0) is 11.3 Å². The van der Waals surface area contributed by atoms with Gasteiger partial charge in [0.15, 0.2) is 11.6 Å². The zero-order valence-corrected chi connectivity index (χ0v) is 16.6. The van der Waals surface area contributed by atoms with Gasteiger partial charge in [0.25, 0.3) is 0 Å². The number of para-hydroxylation sites is 1. The number of halogens is 7. The van der Waals surface area contributed by atoms with Gasteiger partial charge >= 0.3 is 12.5 Å². The molecule has 0 saturated heterocycles. The molecule has 0 aromatic heterocycles. The van der Waals surface area contributed by atoms with Crippen molar-refractivity contribution in [3.8, 4) is 17.2 Å². The fourth-order valence-corrected chi connectivity index (χ4v) is 2.69. The number of benzene rings is 3. The first kappa shape index (κ1) is 24.0. The molecule has 0 N–H and O–H groups in total. The molecule has 0 atom stereocenters. The maximum Gasteiger partial charge on any atom is 0.573 e. The second kappa shape index (κ2) is 9.85. The Morgan fingerprint density at radius 3 is 2.06 bits per heavy atom. The SMILES string of the molecule is Fc1ccc(COC=C(c2ccc(OC(F)(F)F)cc2)C(F)(F)F)cc1Oc1ccccc1. The minimum Gasteiger partial charge on any atom is -0.496 e. The van der Waals surface area contributed by atoms with E-state index in [4.69, 9.17) is 9.47 Å². The summed E-state index contributed by atoms with van der Waals surface area (Å²) in [4.78, 5) is 0. The van der Waals surface area contributed by atoms with Crippen LogP contribution in [0.15, 0.2) is 79.1 Å². The van der Waals surface area contributed by atoms with E-state index in [1.807, 2.05) is 0 Å². The largest absolute Gasteiger partial charge is 0.573 e. The zero-order valence-electron chi connectivity index (χ0n) is 16.6. The Hall–Kier alpha value is -3.69. The summed E-state index contributed by atoms with van der Waals surface area (Å²) < 4.78 is 105. The second-order valence-corrected chi connectivity index (χ2v) is 6.59. The summed E-state index contributed by atoms with van der Waals surface area (Å²) >= 11 is 0. The summed E-state index contributed by atoms with van der Waals surface area (Å²) in [6.07, 6.45) is -9.37. The van der Waals surface area contributed by atoms with Crippen LogP contribution < -0.4 is 9.47 Å². The molecule has 0 saturated carbocycles. The third-order valence-electron chi connectivity index (χ3n) is 4.12. The standard InChI is InChI=1S/C23H15F7O3/c24-20-11-6-15(12-21(20)32-17-4-2-1-3-5-17)13-31-14-19(22(25,26)27)16-7-9-18(10-8-16)33-23(28,29)30/h1-12,14H,13H2. The van der Waals surface area contributed by atoms with E-state index >= 15 is 0 Å². The Balaban J connectivity index is 1.74. The summed E-state index contributed by atoms with van der Waals surface area (Å²) in [6.45, 7) is -0.347. The van der Waals surface area contributed by atoms with Gasteiger partial charge < -0.3 is 14.2 Å². The van der Waals surface area contributed by atoms with E-state index in [2.05, 4.69) is 4.74 Å². The molecule has 0 radical (unpaired) electrons. The van der Waals surface area contributed by atoms with Crippen LogP contribution in [-0.4, -0.2) is 12.5 Å². The third-order valence-corrected chi connectivity index (χ3v) is 4.12. The van der Waals surface area contributed by atoms with Gasteiger partial charge in [-0.05, 0) is 47.5 Å². The van der Waals surface area contributed by atoms with E-state index in [1.165, 1.54) is 12.1 Å². The average molecular weight is 472 g/mol. The summed E-state index contributed by atoms with van der Waals surface area (Å²) in [5.41, 5.74) is -1.32. The van der Waals surface area contributed by atoms with Gasteiger partial charge in [0.05, 0.1) is 11.8 Å². The van der Waals surface area contributed by atoms with E-state index in [9.17, 15) is 30.7 Å². The number of ether oxygens (including phenoxy) is 3. The minimum absolute atomic E-state index is 0.137. The Morgan fingerprint density at radius 1 is 0.788 bits per heavy atom. The van der Waals surface area contributed by atoms with Crippen LogP contribution in [0.2, 0.25) is 0 Å². The maximum absolute atomic E-state index is 14.0.